The summed E-state index contributed by atoms with van der Waals surface area (Å²) in [6.07, 6.45) is 11.5. The molecule has 1 atom stereocenters. The van der Waals surface area contributed by atoms with E-state index >= 15 is 0 Å². The van der Waals surface area contributed by atoms with Crippen molar-refractivity contribution in [3.05, 3.63) is 24.3 Å². The van der Waals surface area contributed by atoms with E-state index in [0.717, 1.165) is 25.7 Å². The summed E-state index contributed by atoms with van der Waals surface area (Å²) in [5.41, 5.74) is 1.37. The average molecular weight is 206 g/mol. The van der Waals surface area contributed by atoms with Crippen LogP contribution in [-0.2, 0) is 4.79 Å². The zero-order valence-corrected chi connectivity index (χ0v) is 9.80. The molecule has 0 heterocycles. The van der Waals surface area contributed by atoms with Crippen LogP contribution in [0.2, 0.25) is 0 Å². The molecule has 1 heteroatoms. The van der Waals surface area contributed by atoms with Gasteiger partial charge in [-0.05, 0) is 37.7 Å². The van der Waals surface area contributed by atoms with Gasteiger partial charge in [0.2, 0.25) is 0 Å². The summed E-state index contributed by atoms with van der Waals surface area (Å²) >= 11 is 0. The van der Waals surface area contributed by atoms with Gasteiger partial charge in [0.1, 0.15) is 0 Å². The van der Waals surface area contributed by atoms with Crippen LogP contribution in [0.3, 0.4) is 0 Å². The molecule has 0 N–H and O–H groups in total. The minimum atomic E-state index is 0.321. The lowest BCUT2D eigenvalue weighted by Gasteiger charge is -2.23. The number of allylic oxidation sites excluding steroid dienone is 3. The van der Waals surface area contributed by atoms with Gasteiger partial charge >= 0.3 is 0 Å². The van der Waals surface area contributed by atoms with Gasteiger partial charge in [-0.25, -0.2) is 0 Å². The zero-order valence-electron chi connectivity index (χ0n) is 9.80. The van der Waals surface area contributed by atoms with E-state index in [-0.39, 0.29) is 0 Å². The van der Waals surface area contributed by atoms with Crippen LogP contribution in [0.4, 0.5) is 0 Å². The summed E-state index contributed by atoms with van der Waals surface area (Å²) in [5.74, 6) is 0.990. The SMILES string of the molecule is C=CCCC1=CC(=O)CCC1CCCC. The number of rotatable bonds is 6. The first-order valence-corrected chi connectivity index (χ1v) is 6.12. The van der Waals surface area contributed by atoms with Gasteiger partial charge in [0, 0.05) is 6.42 Å². The Balaban J connectivity index is 2.55. The van der Waals surface area contributed by atoms with Crippen molar-refractivity contribution in [2.75, 3.05) is 0 Å². The number of carbonyl (C=O) groups is 1. The van der Waals surface area contributed by atoms with Gasteiger partial charge in [0.25, 0.3) is 0 Å². The van der Waals surface area contributed by atoms with Gasteiger partial charge in [0.15, 0.2) is 5.78 Å². The fourth-order valence-electron chi connectivity index (χ4n) is 2.22. The molecule has 0 spiro atoms. The minimum absolute atomic E-state index is 0.321. The van der Waals surface area contributed by atoms with Crippen molar-refractivity contribution < 1.29 is 4.79 Å². The van der Waals surface area contributed by atoms with Gasteiger partial charge in [-0.15, -0.1) is 6.58 Å². The third kappa shape index (κ3) is 4.03. The summed E-state index contributed by atoms with van der Waals surface area (Å²) in [6.45, 7) is 5.96. The molecule has 15 heavy (non-hydrogen) atoms. The van der Waals surface area contributed by atoms with Crippen molar-refractivity contribution in [3.63, 3.8) is 0 Å². The Morgan fingerprint density at radius 3 is 3.07 bits per heavy atom. The molecular formula is C14H22O. The molecule has 1 aliphatic carbocycles. The third-order valence-electron chi connectivity index (χ3n) is 3.15. The van der Waals surface area contributed by atoms with E-state index in [0.29, 0.717) is 11.7 Å². The van der Waals surface area contributed by atoms with Crippen molar-refractivity contribution in [1.82, 2.24) is 0 Å². The maximum atomic E-state index is 11.4. The average Bonchev–Trinajstić information content (AvgIpc) is 2.25. The normalized spacial score (nSPS) is 21.3. The first-order chi connectivity index (χ1) is 7.27. The van der Waals surface area contributed by atoms with E-state index in [1.165, 1.54) is 24.8 Å². The van der Waals surface area contributed by atoms with Gasteiger partial charge in [-0.3, -0.25) is 4.79 Å². The largest absolute Gasteiger partial charge is 0.295 e. The maximum absolute atomic E-state index is 11.4. The molecule has 0 aromatic carbocycles. The summed E-state index contributed by atoms with van der Waals surface area (Å²) in [7, 11) is 0. The molecule has 1 aliphatic rings. The molecule has 1 nitrogen and oxygen atoms in total. The van der Waals surface area contributed by atoms with Crippen LogP contribution in [0, 0.1) is 5.92 Å². The second-order valence-electron chi connectivity index (χ2n) is 4.39. The molecule has 0 aromatic rings. The first kappa shape index (κ1) is 12.2. The summed E-state index contributed by atoms with van der Waals surface area (Å²) < 4.78 is 0. The second-order valence-corrected chi connectivity index (χ2v) is 4.39. The highest BCUT2D eigenvalue weighted by Crippen LogP contribution is 2.30. The predicted octanol–water partition coefficient (Wildman–Crippen LogP) is 4.05. The Labute approximate surface area is 93.3 Å². The van der Waals surface area contributed by atoms with Crippen LogP contribution in [0.25, 0.3) is 0 Å². The lowest BCUT2D eigenvalue weighted by atomic mass is 9.82. The van der Waals surface area contributed by atoms with E-state index < -0.39 is 0 Å². The Hall–Kier alpha value is -0.850. The van der Waals surface area contributed by atoms with Crippen LogP contribution in [0.1, 0.15) is 51.9 Å². The summed E-state index contributed by atoms with van der Waals surface area (Å²) in [4.78, 5) is 11.4. The maximum Gasteiger partial charge on any atom is 0.155 e. The van der Waals surface area contributed by atoms with Gasteiger partial charge in [-0.2, -0.15) is 0 Å². The molecule has 0 bridgehead atoms. The van der Waals surface area contributed by atoms with Crippen LogP contribution in [-0.4, -0.2) is 5.78 Å². The number of hydrogen-bond donors (Lipinski definition) is 0. The van der Waals surface area contributed by atoms with Gasteiger partial charge < -0.3 is 0 Å². The fourth-order valence-corrected chi connectivity index (χ4v) is 2.22. The van der Waals surface area contributed by atoms with Gasteiger partial charge in [0.05, 0.1) is 0 Å². The molecule has 0 aromatic heterocycles. The van der Waals surface area contributed by atoms with Crippen molar-refractivity contribution >= 4 is 5.78 Å². The molecule has 1 rings (SSSR count). The zero-order chi connectivity index (χ0) is 11.1. The number of ketones is 1. The van der Waals surface area contributed by atoms with E-state index in [4.69, 9.17) is 0 Å². The van der Waals surface area contributed by atoms with Crippen molar-refractivity contribution in [2.45, 2.75) is 51.9 Å². The molecule has 0 aliphatic heterocycles. The van der Waals surface area contributed by atoms with Crippen LogP contribution < -0.4 is 0 Å². The topological polar surface area (TPSA) is 17.1 Å². The molecule has 84 valence electrons. The Bertz CT molecular complexity index is 250. The van der Waals surface area contributed by atoms with Crippen LogP contribution >= 0.6 is 0 Å². The second kappa shape index (κ2) is 6.60. The number of unbranched alkanes of at least 4 members (excludes halogenated alkanes) is 1. The lowest BCUT2D eigenvalue weighted by molar-refractivity contribution is -0.115. The summed E-state index contributed by atoms with van der Waals surface area (Å²) in [6, 6.07) is 0. The monoisotopic (exact) mass is 206 g/mol. The highest BCUT2D eigenvalue weighted by atomic mass is 16.1. The molecular weight excluding hydrogens is 184 g/mol. The van der Waals surface area contributed by atoms with Crippen LogP contribution in [0.5, 0.6) is 0 Å². The predicted molar refractivity (Wildman–Crippen MR) is 64.8 cm³/mol. The highest BCUT2D eigenvalue weighted by Gasteiger charge is 2.20. The number of hydrogen-bond acceptors (Lipinski definition) is 1. The molecule has 0 radical (unpaired) electrons. The van der Waals surface area contributed by atoms with E-state index in [9.17, 15) is 4.79 Å². The Morgan fingerprint density at radius 1 is 1.60 bits per heavy atom. The smallest absolute Gasteiger partial charge is 0.155 e. The van der Waals surface area contributed by atoms with Crippen molar-refractivity contribution in [1.29, 1.82) is 0 Å². The highest BCUT2D eigenvalue weighted by molar-refractivity contribution is 5.91. The van der Waals surface area contributed by atoms with Crippen molar-refractivity contribution in [2.24, 2.45) is 5.92 Å². The quantitative estimate of drug-likeness (QED) is 0.599. The van der Waals surface area contributed by atoms with E-state index in [1.54, 1.807) is 0 Å². The number of carbonyl (C=O) groups excluding carboxylic acids is 1. The molecule has 0 saturated heterocycles. The molecule has 0 amide bonds. The van der Waals surface area contributed by atoms with E-state index in [1.807, 2.05) is 12.2 Å². The third-order valence-corrected chi connectivity index (χ3v) is 3.15. The van der Waals surface area contributed by atoms with Gasteiger partial charge in [-0.1, -0.05) is 31.4 Å². The standard InChI is InChI=1S/C14H22O/c1-3-5-7-12-9-10-14(15)11-13(12)8-6-4-2/h4,11-12H,2-3,5-10H2,1H3. The Kier molecular flexibility index (Phi) is 5.38. The first-order valence-electron chi connectivity index (χ1n) is 6.12. The van der Waals surface area contributed by atoms with Crippen molar-refractivity contribution in [3.8, 4) is 0 Å². The van der Waals surface area contributed by atoms with E-state index in [2.05, 4.69) is 13.5 Å². The van der Waals surface area contributed by atoms with Crippen LogP contribution in [0.15, 0.2) is 24.3 Å². The minimum Gasteiger partial charge on any atom is -0.295 e. The fraction of sp³-hybridized carbons (Fsp3) is 0.643. The molecule has 0 fully saturated rings. The molecule has 1 unspecified atom stereocenters. The molecule has 0 saturated carbocycles. The lowest BCUT2D eigenvalue weighted by Crippen LogP contribution is -2.14. The Morgan fingerprint density at radius 2 is 2.40 bits per heavy atom. The summed E-state index contributed by atoms with van der Waals surface area (Å²) in [5, 5.41) is 0.